The van der Waals surface area contributed by atoms with Gasteiger partial charge in [0.05, 0.1) is 6.10 Å². The molecule has 0 aromatic rings. The van der Waals surface area contributed by atoms with Crippen LogP contribution in [0.1, 0.15) is 47.5 Å². The second-order valence-electron chi connectivity index (χ2n) is 4.57. The van der Waals surface area contributed by atoms with Crippen LogP contribution in [0.25, 0.3) is 0 Å². The Morgan fingerprint density at radius 1 is 1.23 bits per heavy atom. The van der Waals surface area contributed by atoms with Crippen molar-refractivity contribution in [3.05, 3.63) is 11.6 Å². The summed E-state index contributed by atoms with van der Waals surface area (Å²) in [5.74, 6) is 0.789. The van der Waals surface area contributed by atoms with Gasteiger partial charge in [0.15, 0.2) is 0 Å². The number of hydrogen-bond acceptors (Lipinski definition) is 1. The van der Waals surface area contributed by atoms with Gasteiger partial charge in [0.25, 0.3) is 0 Å². The molecule has 0 aliphatic heterocycles. The van der Waals surface area contributed by atoms with Crippen molar-refractivity contribution in [2.45, 2.75) is 53.6 Å². The van der Waals surface area contributed by atoms with E-state index in [1.165, 1.54) is 5.57 Å². The maximum absolute atomic E-state index is 9.74. The van der Waals surface area contributed by atoms with Crippen molar-refractivity contribution < 1.29 is 5.11 Å². The molecule has 0 spiro atoms. The molecule has 0 bridgehead atoms. The van der Waals surface area contributed by atoms with Gasteiger partial charge in [-0.3, -0.25) is 0 Å². The molecule has 2 unspecified atom stereocenters. The van der Waals surface area contributed by atoms with E-state index < -0.39 is 0 Å². The predicted molar refractivity (Wildman–Crippen MR) is 58.7 cm³/mol. The number of rotatable bonds is 5. The van der Waals surface area contributed by atoms with Gasteiger partial charge < -0.3 is 5.11 Å². The van der Waals surface area contributed by atoms with Crippen molar-refractivity contribution >= 4 is 0 Å². The Morgan fingerprint density at radius 3 is 2.15 bits per heavy atom. The predicted octanol–water partition coefficient (Wildman–Crippen LogP) is 3.39. The Balaban J connectivity index is 3.74. The van der Waals surface area contributed by atoms with E-state index in [1.807, 2.05) is 0 Å². The summed E-state index contributed by atoms with van der Waals surface area (Å²) in [5.41, 5.74) is 1.37. The first-order valence-electron chi connectivity index (χ1n) is 5.26. The molecule has 0 aromatic carbocycles. The zero-order valence-electron chi connectivity index (χ0n) is 9.67. The summed E-state index contributed by atoms with van der Waals surface area (Å²) < 4.78 is 0. The van der Waals surface area contributed by atoms with Crippen molar-refractivity contribution in [3.8, 4) is 0 Å². The molecule has 0 rings (SSSR count). The van der Waals surface area contributed by atoms with E-state index >= 15 is 0 Å². The fourth-order valence-corrected chi connectivity index (χ4v) is 1.46. The standard InChI is InChI=1S/C12H24O/c1-9(2)7-6-8-11(5)12(13)10(3)4/h7,10-13H,6,8H2,1-5H3. The van der Waals surface area contributed by atoms with Crippen LogP contribution in [-0.2, 0) is 0 Å². The lowest BCUT2D eigenvalue weighted by Crippen LogP contribution is -2.23. The molecule has 0 amide bonds. The van der Waals surface area contributed by atoms with Gasteiger partial charge in [-0.15, -0.1) is 0 Å². The summed E-state index contributed by atoms with van der Waals surface area (Å²) in [4.78, 5) is 0. The van der Waals surface area contributed by atoms with Crippen LogP contribution in [0.5, 0.6) is 0 Å². The second-order valence-corrected chi connectivity index (χ2v) is 4.57. The molecule has 0 saturated heterocycles. The largest absolute Gasteiger partial charge is 0.393 e. The Morgan fingerprint density at radius 2 is 1.77 bits per heavy atom. The molecule has 78 valence electrons. The van der Waals surface area contributed by atoms with E-state index in [2.05, 4.69) is 40.7 Å². The molecule has 0 saturated carbocycles. The molecule has 1 nitrogen and oxygen atoms in total. The van der Waals surface area contributed by atoms with E-state index in [1.54, 1.807) is 0 Å². The first kappa shape index (κ1) is 12.7. The van der Waals surface area contributed by atoms with Gasteiger partial charge >= 0.3 is 0 Å². The molecule has 0 aromatic heterocycles. The smallest absolute Gasteiger partial charge is 0.0588 e. The zero-order chi connectivity index (χ0) is 10.4. The Bertz CT molecular complexity index is 155. The lowest BCUT2D eigenvalue weighted by molar-refractivity contribution is 0.0689. The van der Waals surface area contributed by atoms with E-state index in [0.717, 1.165) is 12.8 Å². The maximum atomic E-state index is 9.74. The molecular weight excluding hydrogens is 160 g/mol. The summed E-state index contributed by atoms with van der Waals surface area (Å²) in [7, 11) is 0. The van der Waals surface area contributed by atoms with Crippen LogP contribution in [0, 0.1) is 11.8 Å². The van der Waals surface area contributed by atoms with Crippen LogP contribution in [0.15, 0.2) is 11.6 Å². The zero-order valence-corrected chi connectivity index (χ0v) is 9.67. The monoisotopic (exact) mass is 184 g/mol. The highest BCUT2D eigenvalue weighted by atomic mass is 16.3. The first-order chi connectivity index (χ1) is 5.95. The number of aliphatic hydroxyl groups is 1. The minimum absolute atomic E-state index is 0.148. The Labute approximate surface area is 82.9 Å². The topological polar surface area (TPSA) is 20.2 Å². The number of allylic oxidation sites excluding steroid dienone is 2. The van der Waals surface area contributed by atoms with Gasteiger partial charge in [0.1, 0.15) is 0 Å². The SMILES string of the molecule is CC(C)=CCCC(C)C(O)C(C)C. The van der Waals surface area contributed by atoms with Crippen molar-refractivity contribution in [3.63, 3.8) is 0 Å². The normalized spacial score (nSPS) is 15.6. The van der Waals surface area contributed by atoms with Crippen LogP contribution < -0.4 is 0 Å². The molecule has 0 heterocycles. The molecule has 0 radical (unpaired) electrons. The first-order valence-corrected chi connectivity index (χ1v) is 5.26. The summed E-state index contributed by atoms with van der Waals surface area (Å²) >= 11 is 0. The fourth-order valence-electron chi connectivity index (χ4n) is 1.46. The summed E-state index contributed by atoms with van der Waals surface area (Å²) in [6.07, 6.45) is 4.27. The third-order valence-corrected chi connectivity index (χ3v) is 2.44. The average molecular weight is 184 g/mol. The highest BCUT2D eigenvalue weighted by molar-refractivity contribution is 4.93. The molecule has 1 N–H and O–H groups in total. The maximum Gasteiger partial charge on any atom is 0.0588 e. The Hall–Kier alpha value is -0.300. The minimum Gasteiger partial charge on any atom is -0.393 e. The lowest BCUT2D eigenvalue weighted by Gasteiger charge is -2.21. The van der Waals surface area contributed by atoms with E-state index in [0.29, 0.717) is 11.8 Å². The fraction of sp³-hybridized carbons (Fsp3) is 0.833. The summed E-state index contributed by atoms with van der Waals surface area (Å²) in [6, 6.07) is 0. The molecule has 2 atom stereocenters. The third kappa shape index (κ3) is 5.87. The minimum atomic E-state index is -0.148. The molecule has 0 aliphatic carbocycles. The molecular formula is C12H24O. The van der Waals surface area contributed by atoms with Crippen LogP contribution >= 0.6 is 0 Å². The third-order valence-electron chi connectivity index (χ3n) is 2.44. The van der Waals surface area contributed by atoms with Gasteiger partial charge in [0, 0.05) is 0 Å². The van der Waals surface area contributed by atoms with E-state index in [4.69, 9.17) is 0 Å². The van der Waals surface area contributed by atoms with Gasteiger partial charge in [-0.25, -0.2) is 0 Å². The van der Waals surface area contributed by atoms with Crippen LogP contribution in [-0.4, -0.2) is 11.2 Å². The summed E-state index contributed by atoms with van der Waals surface area (Å²) in [6.45, 7) is 10.5. The van der Waals surface area contributed by atoms with Gasteiger partial charge in [0.2, 0.25) is 0 Å². The highest BCUT2D eigenvalue weighted by Crippen LogP contribution is 2.17. The van der Waals surface area contributed by atoms with Crippen LogP contribution in [0.2, 0.25) is 0 Å². The van der Waals surface area contributed by atoms with E-state index in [9.17, 15) is 5.11 Å². The summed E-state index contributed by atoms with van der Waals surface area (Å²) in [5, 5.41) is 9.74. The van der Waals surface area contributed by atoms with Crippen LogP contribution in [0.3, 0.4) is 0 Å². The Kier molecular flexibility index (Phi) is 6.06. The van der Waals surface area contributed by atoms with E-state index in [-0.39, 0.29) is 6.10 Å². The molecule has 0 aliphatic rings. The lowest BCUT2D eigenvalue weighted by atomic mass is 9.91. The molecule has 13 heavy (non-hydrogen) atoms. The highest BCUT2D eigenvalue weighted by Gasteiger charge is 2.16. The second kappa shape index (κ2) is 6.20. The number of hydrogen-bond donors (Lipinski definition) is 1. The van der Waals surface area contributed by atoms with Crippen molar-refractivity contribution in [2.75, 3.05) is 0 Å². The molecule has 0 fully saturated rings. The number of aliphatic hydroxyl groups excluding tert-OH is 1. The van der Waals surface area contributed by atoms with Crippen LogP contribution in [0.4, 0.5) is 0 Å². The van der Waals surface area contributed by atoms with Gasteiger partial charge in [-0.2, -0.15) is 0 Å². The molecule has 1 heteroatoms. The van der Waals surface area contributed by atoms with Crippen molar-refractivity contribution in [1.82, 2.24) is 0 Å². The van der Waals surface area contributed by atoms with Crippen molar-refractivity contribution in [2.24, 2.45) is 11.8 Å². The van der Waals surface area contributed by atoms with Gasteiger partial charge in [-0.1, -0.05) is 32.4 Å². The average Bonchev–Trinajstić information content (AvgIpc) is 2.02. The quantitative estimate of drug-likeness (QED) is 0.649. The van der Waals surface area contributed by atoms with Gasteiger partial charge in [-0.05, 0) is 38.5 Å². The van der Waals surface area contributed by atoms with Crippen molar-refractivity contribution in [1.29, 1.82) is 0 Å².